The molecular weight excluding hydrogens is 454 g/mol. The van der Waals surface area contributed by atoms with E-state index < -0.39 is 85.1 Å². The van der Waals surface area contributed by atoms with Gasteiger partial charge in [0.25, 0.3) is 0 Å². The molecule has 3 aliphatic heterocycles. The maximum Gasteiger partial charge on any atom is 0.185 e. The molecule has 0 bridgehead atoms. The van der Waals surface area contributed by atoms with Gasteiger partial charge in [-0.1, -0.05) is 0 Å². The smallest absolute Gasteiger partial charge is 0.185 e. The normalized spacial score (nSPS) is 54.1. The number of hydrogen-bond donors (Lipinski definition) is 8. The molecule has 1 aliphatic carbocycles. The monoisotopic (exact) mass is 493 g/mol. The number of nitrogens with two attached hydrogens (primary N) is 4. The van der Waals surface area contributed by atoms with Crippen molar-refractivity contribution in [2.24, 2.45) is 22.9 Å². The zero-order valence-corrected chi connectivity index (χ0v) is 19.4. The molecule has 4 fully saturated rings. The van der Waals surface area contributed by atoms with Crippen molar-refractivity contribution in [1.82, 2.24) is 5.32 Å². The Hall–Kier alpha value is -0.560. The van der Waals surface area contributed by atoms with Crippen molar-refractivity contribution >= 4 is 0 Å². The second-order valence-corrected chi connectivity index (χ2v) is 9.79. The minimum atomic E-state index is -1.31. The molecule has 0 aromatic heterocycles. The van der Waals surface area contributed by atoms with Crippen LogP contribution in [0.5, 0.6) is 0 Å². The second-order valence-electron chi connectivity index (χ2n) is 9.79. The number of fused-ring (bicyclic) bond motifs is 1. The van der Waals surface area contributed by atoms with E-state index in [1.165, 1.54) is 0 Å². The van der Waals surface area contributed by atoms with Gasteiger partial charge in [-0.3, -0.25) is 0 Å². The van der Waals surface area contributed by atoms with Crippen molar-refractivity contribution in [3.63, 3.8) is 0 Å². The lowest BCUT2D eigenvalue weighted by Crippen LogP contribution is -2.69. The van der Waals surface area contributed by atoms with Gasteiger partial charge in [-0.25, -0.2) is 0 Å². The molecule has 0 spiro atoms. The van der Waals surface area contributed by atoms with E-state index in [2.05, 4.69) is 5.32 Å². The van der Waals surface area contributed by atoms with Crippen LogP contribution < -0.4 is 28.3 Å². The van der Waals surface area contributed by atoms with Crippen LogP contribution in [0.15, 0.2) is 0 Å². The van der Waals surface area contributed by atoms with Gasteiger partial charge in [0.15, 0.2) is 12.6 Å². The molecule has 1 saturated carbocycles. The predicted molar refractivity (Wildman–Crippen MR) is 116 cm³/mol. The average molecular weight is 494 g/mol. The van der Waals surface area contributed by atoms with E-state index in [0.29, 0.717) is 0 Å². The molecule has 0 aromatic carbocycles. The maximum atomic E-state index is 11.2. The Morgan fingerprint density at radius 1 is 0.971 bits per heavy atom. The molecule has 0 aromatic rings. The molecule has 12 N–H and O–H groups in total. The molecule has 0 radical (unpaired) electrons. The van der Waals surface area contributed by atoms with Crippen LogP contribution in [0.2, 0.25) is 0 Å². The van der Waals surface area contributed by atoms with E-state index in [-0.39, 0.29) is 26.4 Å². The highest BCUT2D eigenvalue weighted by molar-refractivity contribution is 5.03. The zero-order chi connectivity index (χ0) is 24.8. The van der Waals surface area contributed by atoms with Crippen molar-refractivity contribution in [3.8, 4) is 0 Å². The first-order valence-corrected chi connectivity index (χ1v) is 11.6. The molecule has 198 valence electrons. The van der Waals surface area contributed by atoms with Crippen molar-refractivity contribution in [3.05, 3.63) is 0 Å². The third kappa shape index (κ3) is 4.86. The summed E-state index contributed by atoms with van der Waals surface area (Å²) in [5, 5.41) is 35.2. The third-order valence-electron chi connectivity index (χ3n) is 7.23. The van der Waals surface area contributed by atoms with Crippen LogP contribution in [-0.2, 0) is 28.4 Å². The Balaban J connectivity index is 1.45. The minimum absolute atomic E-state index is 0.0795. The second kappa shape index (κ2) is 10.4. The number of aliphatic hydroxyl groups excluding tert-OH is 2. The van der Waals surface area contributed by atoms with Crippen LogP contribution in [-0.4, -0.2) is 127 Å². The highest BCUT2D eigenvalue weighted by Gasteiger charge is 2.53. The van der Waals surface area contributed by atoms with Crippen molar-refractivity contribution in [2.45, 2.75) is 98.4 Å². The number of nitrogens with one attached hydrogen (secondary N) is 1. The van der Waals surface area contributed by atoms with Gasteiger partial charge in [0, 0.05) is 18.6 Å². The predicted octanol–water partition coefficient (Wildman–Crippen LogP) is -5.02. The van der Waals surface area contributed by atoms with Crippen LogP contribution in [0.25, 0.3) is 0 Å². The number of ether oxygens (including phenoxy) is 6. The molecule has 14 nitrogen and oxygen atoms in total. The molecule has 34 heavy (non-hydrogen) atoms. The summed E-state index contributed by atoms with van der Waals surface area (Å²) in [7, 11) is 1.61. The van der Waals surface area contributed by atoms with E-state index in [0.717, 1.165) is 0 Å². The van der Waals surface area contributed by atoms with Gasteiger partial charge in [0.1, 0.15) is 55.1 Å². The molecule has 14 atom stereocenters. The Bertz CT molecular complexity index is 693. The Kier molecular flexibility index (Phi) is 8.13. The van der Waals surface area contributed by atoms with Gasteiger partial charge in [-0.05, 0) is 20.4 Å². The summed E-state index contributed by atoms with van der Waals surface area (Å²) in [4.78, 5) is 0. The molecule has 3 saturated heterocycles. The van der Waals surface area contributed by atoms with Gasteiger partial charge in [-0.15, -0.1) is 0 Å². The van der Waals surface area contributed by atoms with Gasteiger partial charge in [0.05, 0.1) is 18.7 Å². The number of hydrogen-bond acceptors (Lipinski definition) is 14. The van der Waals surface area contributed by atoms with Crippen LogP contribution in [0.1, 0.15) is 13.3 Å². The standard InChI is InChI=1S/C20H39N5O9/c1-20(28)5-29-19(12(27)17(20)25-2)34-14-8(23)3-7(22)13(11(14)26)33-18-10(24)16-15(30-6-31-16)9(4-21)32-18/h7-19,25-28H,3-6,21-24H2,1-2H3/t7-,8+,9+,10+,11-,12+,13+,14-,15+,16+,17+,18+,19+,20-/m0/s1. The third-order valence-corrected chi connectivity index (χ3v) is 7.23. The number of aliphatic hydroxyl groups is 3. The maximum absolute atomic E-state index is 11.2. The van der Waals surface area contributed by atoms with Crippen molar-refractivity contribution in [1.29, 1.82) is 0 Å². The van der Waals surface area contributed by atoms with Crippen molar-refractivity contribution in [2.75, 3.05) is 27.0 Å². The summed E-state index contributed by atoms with van der Waals surface area (Å²) in [5.41, 5.74) is 23.4. The SMILES string of the molecule is CN[C@@H]1[C@@H](O)[C@@H](O[C@@H]2[C@@H](O)[C@H](O[C@H]3O[C@H](CN)[C@H]4OCO[C@@H]4[C@H]3N)[C@@H](N)C[C@H]2N)OC[C@]1(C)O. The molecule has 4 aliphatic rings. The quantitative estimate of drug-likeness (QED) is 0.173. The minimum Gasteiger partial charge on any atom is -0.388 e. The van der Waals surface area contributed by atoms with E-state index in [9.17, 15) is 15.3 Å². The fourth-order valence-electron chi connectivity index (χ4n) is 5.36. The largest absolute Gasteiger partial charge is 0.388 e. The van der Waals surface area contributed by atoms with Gasteiger partial charge < -0.3 is 72.0 Å². The zero-order valence-electron chi connectivity index (χ0n) is 19.4. The first-order chi connectivity index (χ1) is 16.1. The molecule has 3 heterocycles. The number of rotatable bonds is 6. The lowest BCUT2D eigenvalue weighted by molar-refractivity contribution is -0.310. The molecule has 4 rings (SSSR count). The van der Waals surface area contributed by atoms with Crippen LogP contribution in [0.4, 0.5) is 0 Å². The van der Waals surface area contributed by atoms with E-state index in [4.69, 9.17) is 51.4 Å². The molecule has 0 unspecified atom stereocenters. The first-order valence-electron chi connectivity index (χ1n) is 11.6. The molecule has 0 amide bonds. The fourth-order valence-corrected chi connectivity index (χ4v) is 5.36. The van der Waals surface area contributed by atoms with Crippen LogP contribution in [0.3, 0.4) is 0 Å². The fraction of sp³-hybridized carbons (Fsp3) is 1.00. The Labute approximate surface area is 198 Å². The Morgan fingerprint density at radius 2 is 1.59 bits per heavy atom. The summed E-state index contributed by atoms with van der Waals surface area (Å²) in [5.74, 6) is 0. The highest BCUT2D eigenvalue weighted by atomic mass is 16.8. The molecule has 14 heteroatoms. The highest BCUT2D eigenvalue weighted by Crippen LogP contribution is 2.33. The van der Waals surface area contributed by atoms with Crippen LogP contribution >= 0.6 is 0 Å². The van der Waals surface area contributed by atoms with Gasteiger partial charge in [-0.2, -0.15) is 0 Å². The summed E-state index contributed by atoms with van der Waals surface area (Å²) in [6.45, 7) is 1.70. The molecular formula is C20H39N5O9. The van der Waals surface area contributed by atoms with E-state index >= 15 is 0 Å². The lowest BCUT2D eigenvalue weighted by Gasteiger charge is -2.48. The van der Waals surface area contributed by atoms with E-state index in [1.807, 2.05) is 0 Å². The average Bonchev–Trinajstić information content (AvgIpc) is 3.27. The van der Waals surface area contributed by atoms with Gasteiger partial charge >= 0.3 is 0 Å². The topological polar surface area (TPSA) is 232 Å². The van der Waals surface area contributed by atoms with E-state index in [1.54, 1.807) is 14.0 Å². The summed E-state index contributed by atoms with van der Waals surface area (Å²) >= 11 is 0. The van der Waals surface area contributed by atoms with Crippen molar-refractivity contribution < 1.29 is 43.7 Å². The lowest BCUT2D eigenvalue weighted by atomic mass is 9.84. The number of likely N-dealkylation sites (N-methyl/N-ethyl adjacent to an activating group) is 1. The first kappa shape index (κ1) is 26.5. The summed E-state index contributed by atoms with van der Waals surface area (Å²) in [6, 6.07) is -2.73. The van der Waals surface area contributed by atoms with Gasteiger partial charge in [0.2, 0.25) is 0 Å². The Morgan fingerprint density at radius 3 is 2.21 bits per heavy atom. The summed E-state index contributed by atoms with van der Waals surface area (Å²) in [6.07, 6.45) is -7.65. The summed E-state index contributed by atoms with van der Waals surface area (Å²) < 4.78 is 34.6. The van der Waals surface area contributed by atoms with Crippen LogP contribution in [0, 0.1) is 0 Å².